The lowest BCUT2D eigenvalue weighted by Crippen LogP contribution is -2.16. The largest absolute Gasteiger partial charge is 0.454 e. The third-order valence-corrected chi connectivity index (χ3v) is 13.8. The lowest BCUT2D eigenvalue weighted by atomic mass is 9.81. The fourth-order valence-corrected chi connectivity index (χ4v) is 10.6. The number of para-hydroxylation sites is 4. The average Bonchev–Trinajstić information content (AvgIpc) is 3.97. The van der Waals surface area contributed by atoms with E-state index in [9.17, 15) is 0 Å². The topological polar surface area (TPSA) is 21.3 Å². The van der Waals surface area contributed by atoms with Crippen molar-refractivity contribution < 1.29 is 4.42 Å². The van der Waals surface area contributed by atoms with Crippen molar-refractivity contribution in [2.24, 2.45) is 0 Å². The first-order valence-corrected chi connectivity index (χ1v) is 22.2. The average molecular weight is 819 g/mol. The van der Waals surface area contributed by atoms with Crippen LogP contribution in [0.1, 0.15) is 25.0 Å². The third-order valence-electron chi connectivity index (χ3n) is 13.8. The molecule has 1 aliphatic carbocycles. The maximum atomic E-state index is 6.71. The number of rotatable bonds is 6. The Bertz CT molecular complexity index is 3810. The van der Waals surface area contributed by atoms with E-state index in [1.54, 1.807) is 0 Å². The summed E-state index contributed by atoms with van der Waals surface area (Å²) in [6.07, 6.45) is 0. The fraction of sp³-hybridized carbons (Fsp3) is 0.0492. The van der Waals surface area contributed by atoms with Crippen LogP contribution in [0.5, 0.6) is 0 Å². The first kappa shape index (κ1) is 36.5. The lowest BCUT2D eigenvalue weighted by molar-refractivity contribution is 0.660. The molecule has 0 spiro atoms. The van der Waals surface area contributed by atoms with Gasteiger partial charge >= 0.3 is 0 Å². The smallest absolute Gasteiger partial charge is 0.159 e. The van der Waals surface area contributed by atoms with Gasteiger partial charge in [-0.05, 0) is 134 Å². The van der Waals surface area contributed by atoms with E-state index in [1.165, 1.54) is 82.8 Å². The van der Waals surface area contributed by atoms with E-state index in [1.807, 2.05) is 6.07 Å². The van der Waals surface area contributed by atoms with Gasteiger partial charge in [0.05, 0.1) is 16.7 Å². The van der Waals surface area contributed by atoms with Crippen molar-refractivity contribution in [3.8, 4) is 39.1 Å². The summed E-state index contributed by atoms with van der Waals surface area (Å²) < 4.78 is 9.09. The molecule has 0 saturated carbocycles. The van der Waals surface area contributed by atoms with E-state index in [-0.39, 0.29) is 5.41 Å². The maximum Gasteiger partial charge on any atom is 0.159 e. The minimum absolute atomic E-state index is 0.249. The zero-order valence-electron chi connectivity index (χ0n) is 35.6. The highest BCUT2D eigenvalue weighted by Gasteiger charge is 2.36. The molecule has 3 heteroatoms. The van der Waals surface area contributed by atoms with Crippen LogP contribution in [-0.2, 0) is 5.41 Å². The van der Waals surface area contributed by atoms with Crippen LogP contribution >= 0.6 is 0 Å². The molecule has 0 unspecified atom stereocenters. The minimum atomic E-state index is -0.249. The molecular formula is C61H42N2O. The molecular weight excluding hydrogens is 777 g/mol. The molecule has 13 rings (SSSR count). The number of benzene rings is 10. The molecule has 0 radical (unpaired) electrons. The molecule has 0 atom stereocenters. The maximum absolute atomic E-state index is 6.71. The van der Waals surface area contributed by atoms with E-state index in [0.717, 1.165) is 39.0 Å². The summed E-state index contributed by atoms with van der Waals surface area (Å²) in [7, 11) is 0. The second-order valence-electron chi connectivity index (χ2n) is 17.7. The first-order chi connectivity index (χ1) is 31.5. The molecule has 2 heterocycles. The second kappa shape index (κ2) is 13.9. The summed E-state index contributed by atoms with van der Waals surface area (Å²) in [4.78, 5) is 2.38. The van der Waals surface area contributed by atoms with Gasteiger partial charge in [-0.15, -0.1) is 0 Å². The number of anilines is 3. The molecule has 2 aromatic heterocycles. The number of aromatic nitrogens is 1. The molecule has 3 nitrogen and oxygen atoms in total. The number of fused-ring (bicyclic) bond motifs is 10. The van der Waals surface area contributed by atoms with Gasteiger partial charge < -0.3 is 13.9 Å². The number of furan rings is 1. The molecule has 0 N–H and O–H groups in total. The van der Waals surface area contributed by atoms with Crippen LogP contribution in [0.2, 0.25) is 0 Å². The highest BCUT2D eigenvalue weighted by molar-refractivity contribution is 6.12. The van der Waals surface area contributed by atoms with Gasteiger partial charge in [-0.1, -0.05) is 153 Å². The zero-order chi connectivity index (χ0) is 42.5. The quantitative estimate of drug-likeness (QED) is 0.167. The Labute approximate surface area is 371 Å². The molecule has 10 aromatic carbocycles. The summed E-state index contributed by atoms with van der Waals surface area (Å²) in [5, 5.41) is 7.23. The van der Waals surface area contributed by atoms with E-state index in [0.29, 0.717) is 0 Å². The van der Waals surface area contributed by atoms with Crippen LogP contribution < -0.4 is 4.90 Å². The Kier molecular flexibility index (Phi) is 7.95. The van der Waals surface area contributed by atoms with Gasteiger partial charge in [0.1, 0.15) is 5.58 Å². The molecule has 0 aliphatic heterocycles. The summed E-state index contributed by atoms with van der Waals surface area (Å²) in [6.45, 7) is 4.76. The van der Waals surface area contributed by atoms with E-state index in [2.05, 4.69) is 236 Å². The van der Waals surface area contributed by atoms with Crippen molar-refractivity contribution in [1.82, 2.24) is 4.57 Å². The molecule has 302 valence electrons. The van der Waals surface area contributed by atoms with Crippen LogP contribution in [0.3, 0.4) is 0 Å². The van der Waals surface area contributed by atoms with Crippen molar-refractivity contribution in [2.75, 3.05) is 4.90 Å². The lowest BCUT2D eigenvalue weighted by Gasteiger charge is -2.28. The molecule has 0 saturated heterocycles. The summed E-state index contributed by atoms with van der Waals surface area (Å²) in [6, 6.07) is 79.6. The Balaban J connectivity index is 0.919. The molecule has 12 aromatic rings. The number of nitrogens with zero attached hydrogens (tertiary/aromatic N) is 2. The predicted molar refractivity (Wildman–Crippen MR) is 269 cm³/mol. The SMILES string of the molecule is CC1(C)c2cc(-c3ccc4c(c3)c3ccccc3n4-c3ccccc3)ccc2-c2ccc(N(c3ccc(-c4ccc5ccccc5c4)cc3)c3cccc4c3oc3ccccc34)cc21. The Morgan fingerprint density at radius 2 is 1.02 bits per heavy atom. The van der Waals surface area contributed by atoms with Crippen LogP contribution in [0.25, 0.3) is 93.6 Å². The Hall–Kier alpha value is -8.14. The second-order valence-corrected chi connectivity index (χ2v) is 17.7. The van der Waals surface area contributed by atoms with E-state index in [4.69, 9.17) is 4.42 Å². The highest BCUT2D eigenvalue weighted by atomic mass is 16.3. The van der Waals surface area contributed by atoms with Gasteiger partial charge in [-0.25, -0.2) is 0 Å². The van der Waals surface area contributed by atoms with Gasteiger partial charge in [-0.2, -0.15) is 0 Å². The van der Waals surface area contributed by atoms with Crippen molar-refractivity contribution in [3.63, 3.8) is 0 Å². The summed E-state index contributed by atoms with van der Waals surface area (Å²) >= 11 is 0. The normalized spacial score (nSPS) is 13.0. The van der Waals surface area contributed by atoms with Crippen LogP contribution in [0.15, 0.2) is 223 Å². The standard InChI is InChI=1S/C61H42N2O/c1-61(2)54-37-44(43-28-34-57-53(36-43)50-17-8-10-20-56(50)63(57)45-15-4-3-5-16-45)27-32-48(54)49-33-31-47(38-55(49)61)62(58-21-12-19-52-51-18-9-11-22-59(51)64-60(52)58)46-29-25-40(26-30-46)42-24-23-39-13-6-7-14-41(39)35-42/h3-38H,1-2H3. The molecule has 0 bridgehead atoms. The Morgan fingerprint density at radius 3 is 1.88 bits per heavy atom. The molecule has 64 heavy (non-hydrogen) atoms. The molecule has 0 fully saturated rings. The van der Waals surface area contributed by atoms with Crippen molar-refractivity contribution in [1.29, 1.82) is 0 Å². The fourth-order valence-electron chi connectivity index (χ4n) is 10.6. The van der Waals surface area contributed by atoms with Crippen molar-refractivity contribution in [2.45, 2.75) is 19.3 Å². The zero-order valence-corrected chi connectivity index (χ0v) is 35.6. The highest BCUT2D eigenvalue weighted by Crippen LogP contribution is 2.52. The number of hydrogen-bond donors (Lipinski definition) is 0. The van der Waals surface area contributed by atoms with Gasteiger partial charge in [0.25, 0.3) is 0 Å². The van der Waals surface area contributed by atoms with Crippen molar-refractivity contribution >= 4 is 71.6 Å². The van der Waals surface area contributed by atoms with Crippen molar-refractivity contribution in [3.05, 3.63) is 230 Å². The van der Waals surface area contributed by atoms with Gasteiger partial charge in [0, 0.05) is 44.0 Å². The van der Waals surface area contributed by atoms with Gasteiger partial charge in [-0.3, -0.25) is 0 Å². The monoisotopic (exact) mass is 818 g/mol. The van der Waals surface area contributed by atoms with Crippen LogP contribution in [-0.4, -0.2) is 4.57 Å². The van der Waals surface area contributed by atoms with E-state index >= 15 is 0 Å². The van der Waals surface area contributed by atoms with Gasteiger partial charge in [0.2, 0.25) is 0 Å². The Morgan fingerprint density at radius 1 is 0.406 bits per heavy atom. The summed E-state index contributed by atoms with van der Waals surface area (Å²) in [5.41, 5.74) is 18.3. The minimum Gasteiger partial charge on any atom is -0.454 e. The predicted octanol–water partition coefficient (Wildman–Crippen LogP) is 16.9. The summed E-state index contributed by atoms with van der Waals surface area (Å²) in [5.74, 6) is 0. The number of hydrogen-bond acceptors (Lipinski definition) is 2. The van der Waals surface area contributed by atoms with Crippen LogP contribution in [0, 0.1) is 0 Å². The van der Waals surface area contributed by atoms with E-state index < -0.39 is 0 Å². The first-order valence-electron chi connectivity index (χ1n) is 22.2. The van der Waals surface area contributed by atoms with Crippen LogP contribution in [0.4, 0.5) is 17.1 Å². The third kappa shape index (κ3) is 5.54. The molecule has 1 aliphatic rings. The molecule has 0 amide bonds. The van der Waals surface area contributed by atoms with Gasteiger partial charge in [0.15, 0.2) is 5.58 Å².